The molecule has 1 aromatic carbocycles. The Labute approximate surface area is 138 Å². The lowest BCUT2D eigenvalue weighted by Gasteiger charge is -2.08. The van der Waals surface area contributed by atoms with Gasteiger partial charge in [0.05, 0.1) is 23.8 Å². The van der Waals surface area contributed by atoms with Gasteiger partial charge in [0.15, 0.2) is 6.61 Å². The molecule has 0 atom stereocenters. The lowest BCUT2D eigenvalue weighted by Crippen LogP contribution is -2.27. The minimum atomic E-state index is -0.642. The van der Waals surface area contributed by atoms with Gasteiger partial charge in [-0.2, -0.15) is 0 Å². The number of anilines is 1. The van der Waals surface area contributed by atoms with E-state index in [-0.39, 0.29) is 29.6 Å². The predicted octanol–water partition coefficient (Wildman–Crippen LogP) is 1.07. The van der Waals surface area contributed by atoms with E-state index in [0.717, 1.165) is 12.6 Å². The van der Waals surface area contributed by atoms with Crippen molar-refractivity contribution in [3.8, 4) is 5.75 Å². The number of nitro groups is 1. The van der Waals surface area contributed by atoms with E-state index in [1.807, 2.05) is 6.92 Å². The average Bonchev–Trinajstić information content (AvgIpc) is 2.57. The molecule has 0 fully saturated rings. The van der Waals surface area contributed by atoms with Crippen molar-refractivity contribution in [3.63, 3.8) is 0 Å². The number of carbonyl (C=O) groups is 2. The molecule has 1 rings (SSSR count). The van der Waals surface area contributed by atoms with Crippen LogP contribution in [0.1, 0.15) is 13.3 Å². The van der Waals surface area contributed by atoms with E-state index < -0.39 is 10.8 Å². The Morgan fingerprint density at radius 2 is 2.17 bits per heavy atom. The topological polar surface area (TPSA) is 132 Å². The number of benzene rings is 1. The van der Waals surface area contributed by atoms with Crippen LogP contribution in [0.3, 0.4) is 0 Å². The summed E-state index contributed by atoms with van der Waals surface area (Å²) in [5.74, 6) is -0.853. The quantitative estimate of drug-likeness (QED) is 0.393. The number of non-ortho nitro benzene ring substituents is 1. The normalized spacial score (nSPS) is 10.2. The zero-order chi connectivity index (χ0) is 17.9. The lowest BCUT2D eigenvalue weighted by molar-refractivity contribution is -0.384. The van der Waals surface area contributed by atoms with Crippen LogP contribution < -0.4 is 15.4 Å². The Bertz CT molecular complexity index is 632. The Morgan fingerprint density at radius 3 is 2.79 bits per heavy atom. The van der Waals surface area contributed by atoms with Gasteiger partial charge in [0.25, 0.3) is 17.5 Å². The molecule has 0 spiro atoms. The van der Waals surface area contributed by atoms with Gasteiger partial charge >= 0.3 is 0 Å². The van der Waals surface area contributed by atoms with Gasteiger partial charge < -0.3 is 20.2 Å². The third-order valence-electron chi connectivity index (χ3n) is 2.67. The molecule has 2 N–H and O–H groups in total. The van der Waals surface area contributed by atoms with Crippen molar-refractivity contribution in [1.82, 2.24) is 5.32 Å². The van der Waals surface area contributed by atoms with Gasteiger partial charge in [-0.3, -0.25) is 19.7 Å². The first-order valence-corrected chi connectivity index (χ1v) is 7.03. The number of carbonyl (C=O) groups excluding carboxylic acids is 2. The summed E-state index contributed by atoms with van der Waals surface area (Å²) < 4.78 is 4.98. The standard InChI is InChI=1S/C14H18N4O6/c1-3-6-15-14(20)9-24-16-8-13(19)17-11-5-4-10(18(21)22)7-12(11)23-2/h4-5,7-8H,3,6,9H2,1-2H3,(H,15,20)(H,17,19)/b16-8-. The maximum atomic E-state index is 11.7. The Kier molecular flexibility index (Phi) is 7.68. The van der Waals surface area contributed by atoms with Crippen LogP contribution in [0, 0.1) is 10.1 Å². The number of oxime groups is 1. The number of rotatable bonds is 9. The minimum Gasteiger partial charge on any atom is -0.494 e. The van der Waals surface area contributed by atoms with Gasteiger partial charge in [-0.15, -0.1) is 0 Å². The highest BCUT2D eigenvalue weighted by molar-refractivity contribution is 6.31. The lowest BCUT2D eigenvalue weighted by atomic mass is 10.2. The predicted molar refractivity (Wildman–Crippen MR) is 86.0 cm³/mol. The summed E-state index contributed by atoms with van der Waals surface area (Å²) in [6.07, 6.45) is 1.64. The SMILES string of the molecule is CCCNC(=O)CO/N=C\C(=O)Nc1ccc([N+](=O)[O-])cc1OC. The molecule has 10 heteroatoms. The molecule has 10 nitrogen and oxygen atoms in total. The Balaban J connectivity index is 2.54. The summed E-state index contributed by atoms with van der Waals surface area (Å²) in [5, 5.41) is 19.1. The number of nitrogens with zero attached hydrogens (tertiary/aromatic N) is 2. The van der Waals surface area contributed by atoms with Gasteiger partial charge in [0.1, 0.15) is 12.0 Å². The summed E-state index contributed by atoms with van der Waals surface area (Å²) in [5.41, 5.74) is 0.0696. The molecule has 0 saturated carbocycles. The molecular weight excluding hydrogens is 320 g/mol. The maximum absolute atomic E-state index is 11.7. The average molecular weight is 338 g/mol. The highest BCUT2D eigenvalue weighted by Crippen LogP contribution is 2.28. The van der Waals surface area contributed by atoms with Gasteiger partial charge in [0, 0.05) is 12.6 Å². The van der Waals surface area contributed by atoms with E-state index in [2.05, 4.69) is 20.6 Å². The molecule has 0 radical (unpaired) electrons. The van der Waals surface area contributed by atoms with Crippen molar-refractivity contribution in [2.24, 2.45) is 5.16 Å². The van der Waals surface area contributed by atoms with Crippen LogP contribution in [0.2, 0.25) is 0 Å². The summed E-state index contributed by atoms with van der Waals surface area (Å²) in [6, 6.07) is 3.74. The zero-order valence-electron chi connectivity index (χ0n) is 13.3. The molecule has 0 heterocycles. The number of hydrogen-bond donors (Lipinski definition) is 2. The highest BCUT2D eigenvalue weighted by Gasteiger charge is 2.12. The van der Waals surface area contributed by atoms with E-state index in [1.54, 1.807) is 0 Å². The van der Waals surface area contributed by atoms with Crippen molar-refractivity contribution in [1.29, 1.82) is 0 Å². The van der Waals surface area contributed by atoms with Crippen molar-refractivity contribution in [2.45, 2.75) is 13.3 Å². The number of nitro benzene ring substituents is 1. The van der Waals surface area contributed by atoms with Gasteiger partial charge in [-0.1, -0.05) is 12.1 Å². The van der Waals surface area contributed by atoms with Crippen LogP contribution in [-0.2, 0) is 14.4 Å². The van der Waals surface area contributed by atoms with E-state index in [9.17, 15) is 19.7 Å². The van der Waals surface area contributed by atoms with Crippen molar-refractivity contribution >= 4 is 29.4 Å². The first-order valence-electron chi connectivity index (χ1n) is 7.03. The fraction of sp³-hybridized carbons (Fsp3) is 0.357. The first kappa shape index (κ1) is 18.9. The highest BCUT2D eigenvalue weighted by atomic mass is 16.6. The summed E-state index contributed by atoms with van der Waals surface area (Å²) in [6.45, 7) is 2.15. The molecule has 0 aliphatic heterocycles. The maximum Gasteiger partial charge on any atom is 0.273 e. The van der Waals surface area contributed by atoms with Crippen LogP contribution in [0.5, 0.6) is 5.75 Å². The summed E-state index contributed by atoms with van der Waals surface area (Å²) >= 11 is 0. The third-order valence-corrected chi connectivity index (χ3v) is 2.67. The molecule has 1 aromatic rings. The molecule has 0 bridgehead atoms. The zero-order valence-corrected chi connectivity index (χ0v) is 13.3. The van der Waals surface area contributed by atoms with Gasteiger partial charge in [-0.05, 0) is 12.5 Å². The van der Waals surface area contributed by atoms with Crippen molar-refractivity contribution in [3.05, 3.63) is 28.3 Å². The van der Waals surface area contributed by atoms with Crippen LogP contribution in [0.15, 0.2) is 23.4 Å². The van der Waals surface area contributed by atoms with Crippen molar-refractivity contribution < 1.29 is 24.1 Å². The van der Waals surface area contributed by atoms with Crippen LogP contribution >= 0.6 is 0 Å². The second-order valence-electron chi connectivity index (χ2n) is 4.49. The minimum absolute atomic E-state index is 0.130. The number of nitrogens with one attached hydrogen (secondary N) is 2. The largest absolute Gasteiger partial charge is 0.494 e. The molecule has 24 heavy (non-hydrogen) atoms. The fourth-order valence-corrected chi connectivity index (χ4v) is 1.56. The molecule has 130 valence electrons. The summed E-state index contributed by atoms with van der Waals surface area (Å²) in [7, 11) is 1.32. The first-order chi connectivity index (χ1) is 11.5. The number of amides is 2. The molecular formula is C14H18N4O6. The molecule has 0 unspecified atom stereocenters. The number of methoxy groups -OCH3 is 1. The smallest absolute Gasteiger partial charge is 0.273 e. The Morgan fingerprint density at radius 1 is 1.42 bits per heavy atom. The fourth-order valence-electron chi connectivity index (χ4n) is 1.56. The third kappa shape index (κ3) is 6.30. The number of ether oxygens (including phenoxy) is 1. The van der Waals surface area contributed by atoms with Crippen LogP contribution in [0.25, 0.3) is 0 Å². The summed E-state index contributed by atoms with van der Waals surface area (Å²) in [4.78, 5) is 37.7. The van der Waals surface area contributed by atoms with Crippen LogP contribution in [0.4, 0.5) is 11.4 Å². The van der Waals surface area contributed by atoms with E-state index in [4.69, 9.17) is 4.74 Å². The molecule has 0 saturated heterocycles. The monoisotopic (exact) mass is 338 g/mol. The number of hydrogen-bond acceptors (Lipinski definition) is 7. The second-order valence-corrected chi connectivity index (χ2v) is 4.49. The van der Waals surface area contributed by atoms with E-state index in [1.165, 1.54) is 25.3 Å². The molecule has 0 aliphatic carbocycles. The van der Waals surface area contributed by atoms with E-state index in [0.29, 0.717) is 6.54 Å². The van der Waals surface area contributed by atoms with Crippen LogP contribution in [-0.4, -0.2) is 43.2 Å². The molecule has 0 aromatic heterocycles. The molecule has 0 aliphatic rings. The van der Waals surface area contributed by atoms with Crippen molar-refractivity contribution in [2.75, 3.05) is 25.6 Å². The van der Waals surface area contributed by atoms with E-state index >= 15 is 0 Å². The second kappa shape index (κ2) is 9.77. The Hall–Kier alpha value is -3.17. The van der Waals surface area contributed by atoms with Gasteiger partial charge in [-0.25, -0.2) is 0 Å². The molecule has 2 amide bonds. The van der Waals surface area contributed by atoms with Gasteiger partial charge in [0.2, 0.25) is 0 Å².